The van der Waals surface area contributed by atoms with Gasteiger partial charge >= 0.3 is 6.09 Å². The van der Waals surface area contributed by atoms with Crippen LogP contribution in [0.4, 0.5) is 14.9 Å². The molecule has 0 aromatic heterocycles. The van der Waals surface area contributed by atoms with Crippen molar-refractivity contribution in [2.45, 2.75) is 33.0 Å². The van der Waals surface area contributed by atoms with E-state index in [9.17, 15) is 9.18 Å². The second-order valence-corrected chi connectivity index (χ2v) is 7.24. The van der Waals surface area contributed by atoms with E-state index in [-0.39, 0.29) is 5.82 Å². The van der Waals surface area contributed by atoms with E-state index in [1.165, 1.54) is 12.1 Å². The minimum absolute atomic E-state index is 0.336. The number of fused-ring (bicyclic) bond motifs is 1. The highest BCUT2D eigenvalue weighted by atomic mass is 19.1. The van der Waals surface area contributed by atoms with E-state index in [0.717, 1.165) is 10.9 Å². The summed E-state index contributed by atoms with van der Waals surface area (Å²) in [6, 6.07) is 17.6. The van der Waals surface area contributed by atoms with Crippen molar-refractivity contribution in [1.29, 1.82) is 0 Å². The van der Waals surface area contributed by atoms with Gasteiger partial charge in [-0.25, -0.2) is 9.18 Å². The van der Waals surface area contributed by atoms with Crippen LogP contribution in [0.15, 0.2) is 60.7 Å². The fourth-order valence-corrected chi connectivity index (χ4v) is 2.64. The lowest BCUT2D eigenvalue weighted by atomic mass is 10.1. The van der Waals surface area contributed by atoms with E-state index in [0.29, 0.717) is 23.4 Å². The first-order valence-electron chi connectivity index (χ1n) is 8.70. The molecule has 0 bridgehead atoms. The van der Waals surface area contributed by atoms with Crippen LogP contribution in [0.1, 0.15) is 26.3 Å². The Balaban J connectivity index is 1.89. The van der Waals surface area contributed by atoms with Crippen molar-refractivity contribution in [3.8, 4) is 5.75 Å². The molecule has 3 aromatic carbocycles. The molecule has 140 valence electrons. The Labute approximate surface area is 157 Å². The van der Waals surface area contributed by atoms with Crippen LogP contribution in [0, 0.1) is 5.82 Å². The molecular weight excluding hydrogens is 345 g/mol. The maximum atomic E-state index is 13.7. The van der Waals surface area contributed by atoms with Gasteiger partial charge in [-0.05, 0) is 49.9 Å². The summed E-state index contributed by atoms with van der Waals surface area (Å²) in [4.78, 5) is 12.1. The molecule has 27 heavy (non-hydrogen) atoms. The normalized spacial score (nSPS) is 11.3. The number of halogens is 1. The molecule has 0 saturated carbocycles. The Hall–Kier alpha value is -3.08. The van der Waals surface area contributed by atoms with Gasteiger partial charge in [-0.1, -0.05) is 36.4 Å². The summed E-state index contributed by atoms with van der Waals surface area (Å²) in [5, 5.41) is 4.11. The van der Waals surface area contributed by atoms with Crippen LogP contribution >= 0.6 is 0 Å². The zero-order chi connectivity index (χ0) is 19.4. The van der Waals surface area contributed by atoms with Gasteiger partial charge in [0.15, 0.2) is 0 Å². The lowest BCUT2D eigenvalue weighted by molar-refractivity contribution is 0.0636. The molecule has 0 unspecified atom stereocenters. The first-order chi connectivity index (χ1) is 12.8. The molecule has 0 radical (unpaired) electrons. The fourth-order valence-electron chi connectivity index (χ4n) is 2.64. The van der Waals surface area contributed by atoms with E-state index in [2.05, 4.69) is 5.32 Å². The maximum Gasteiger partial charge on any atom is 0.412 e. The van der Waals surface area contributed by atoms with Crippen LogP contribution in [0.3, 0.4) is 0 Å². The smallest absolute Gasteiger partial charge is 0.412 e. The van der Waals surface area contributed by atoms with E-state index >= 15 is 0 Å². The zero-order valence-electron chi connectivity index (χ0n) is 15.6. The van der Waals surface area contributed by atoms with Crippen molar-refractivity contribution in [1.82, 2.24) is 0 Å². The molecule has 0 aliphatic rings. The number of hydrogen-bond donors (Lipinski definition) is 1. The summed E-state index contributed by atoms with van der Waals surface area (Å²) >= 11 is 0. The number of ether oxygens (including phenoxy) is 2. The molecule has 0 aliphatic carbocycles. The van der Waals surface area contributed by atoms with Crippen LogP contribution in [-0.2, 0) is 11.3 Å². The minimum Gasteiger partial charge on any atom is -0.488 e. The number of hydrogen-bond acceptors (Lipinski definition) is 3. The molecule has 3 rings (SSSR count). The number of carbonyl (C=O) groups is 1. The van der Waals surface area contributed by atoms with E-state index in [1.807, 2.05) is 30.3 Å². The number of amides is 1. The molecule has 0 fully saturated rings. The number of benzene rings is 3. The summed E-state index contributed by atoms with van der Waals surface area (Å²) in [5.74, 6) is 0.141. The van der Waals surface area contributed by atoms with Gasteiger partial charge < -0.3 is 9.47 Å². The summed E-state index contributed by atoms with van der Waals surface area (Å²) < 4.78 is 24.9. The Morgan fingerprint density at radius 3 is 2.48 bits per heavy atom. The van der Waals surface area contributed by atoms with Crippen LogP contribution in [0.2, 0.25) is 0 Å². The van der Waals surface area contributed by atoms with Gasteiger partial charge in [0, 0.05) is 17.1 Å². The lowest BCUT2D eigenvalue weighted by Crippen LogP contribution is -2.27. The third-order valence-electron chi connectivity index (χ3n) is 3.76. The zero-order valence-corrected chi connectivity index (χ0v) is 15.6. The van der Waals surface area contributed by atoms with E-state index in [4.69, 9.17) is 9.47 Å². The highest BCUT2D eigenvalue weighted by Gasteiger charge is 2.17. The van der Waals surface area contributed by atoms with Crippen molar-refractivity contribution in [3.05, 3.63) is 72.0 Å². The molecule has 0 heterocycles. The predicted octanol–water partition coefficient (Wildman–Crippen LogP) is 5.90. The molecule has 1 amide bonds. The molecule has 0 spiro atoms. The lowest BCUT2D eigenvalue weighted by Gasteiger charge is -2.20. The first-order valence-corrected chi connectivity index (χ1v) is 8.70. The number of carbonyl (C=O) groups excluding carboxylic acids is 1. The highest BCUT2D eigenvalue weighted by molar-refractivity contribution is 5.95. The second-order valence-electron chi connectivity index (χ2n) is 7.24. The quantitative estimate of drug-likeness (QED) is 0.624. The van der Waals surface area contributed by atoms with Gasteiger partial charge in [0.1, 0.15) is 23.8 Å². The Morgan fingerprint density at radius 1 is 1.04 bits per heavy atom. The third kappa shape index (κ3) is 5.20. The van der Waals surface area contributed by atoms with Gasteiger partial charge in [-0.3, -0.25) is 5.32 Å². The van der Waals surface area contributed by atoms with Crippen molar-refractivity contribution >= 4 is 22.6 Å². The number of nitrogens with one attached hydrogen (secondary N) is 1. The summed E-state index contributed by atoms with van der Waals surface area (Å²) in [5.41, 5.74) is 0.912. The predicted molar refractivity (Wildman–Crippen MR) is 105 cm³/mol. The molecule has 0 aliphatic heterocycles. The molecule has 0 saturated heterocycles. The highest BCUT2D eigenvalue weighted by Crippen LogP contribution is 2.31. The standard InChI is InChI=1S/C22H22FNO3/c1-22(2,3)27-21(25)24-18-11-16-9-10-17(23)12-19(16)20(13-18)26-14-15-7-5-4-6-8-15/h4-13H,14H2,1-3H3,(H,24,25). The van der Waals surface area contributed by atoms with Gasteiger partial charge in [0.2, 0.25) is 0 Å². The average molecular weight is 367 g/mol. The van der Waals surface area contributed by atoms with Gasteiger partial charge in [0.25, 0.3) is 0 Å². The Morgan fingerprint density at radius 2 is 1.78 bits per heavy atom. The number of rotatable bonds is 4. The molecule has 1 N–H and O–H groups in total. The monoisotopic (exact) mass is 367 g/mol. The minimum atomic E-state index is -0.600. The van der Waals surface area contributed by atoms with E-state index < -0.39 is 11.7 Å². The van der Waals surface area contributed by atoms with Gasteiger partial charge in [-0.2, -0.15) is 0 Å². The van der Waals surface area contributed by atoms with Crippen molar-refractivity contribution in [2.75, 3.05) is 5.32 Å². The van der Waals surface area contributed by atoms with Crippen molar-refractivity contribution in [2.24, 2.45) is 0 Å². The fraction of sp³-hybridized carbons (Fsp3) is 0.227. The largest absolute Gasteiger partial charge is 0.488 e. The van der Waals surface area contributed by atoms with Crippen LogP contribution in [-0.4, -0.2) is 11.7 Å². The summed E-state index contributed by atoms with van der Waals surface area (Å²) in [6.45, 7) is 5.72. The second kappa shape index (κ2) is 7.66. The molecule has 4 nitrogen and oxygen atoms in total. The molecular formula is C22H22FNO3. The summed E-state index contributed by atoms with van der Waals surface area (Å²) in [6.07, 6.45) is -0.557. The van der Waals surface area contributed by atoms with Crippen molar-refractivity contribution < 1.29 is 18.7 Å². The van der Waals surface area contributed by atoms with E-state index in [1.54, 1.807) is 39.0 Å². The van der Waals surface area contributed by atoms with Crippen LogP contribution in [0.25, 0.3) is 10.8 Å². The maximum absolute atomic E-state index is 13.7. The Kier molecular flexibility index (Phi) is 5.31. The van der Waals surface area contributed by atoms with Crippen LogP contribution in [0.5, 0.6) is 5.75 Å². The summed E-state index contributed by atoms with van der Waals surface area (Å²) in [7, 11) is 0. The van der Waals surface area contributed by atoms with Crippen LogP contribution < -0.4 is 10.1 Å². The SMILES string of the molecule is CC(C)(C)OC(=O)Nc1cc(OCc2ccccc2)c2cc(F)ccc2c1. The third-order valence-corrected chi connectivity index (χ3v) is 3.76. The average Bonchev–Trinajstić information content (AvgIpc) is 2.59. The topological polar surface area (TPSA) is 47.6 Å². The molecule has 0 atom stereocenters. The van der Waals surface area contributed by atoms with Gasteiger partial charge in [0.05, 0.1) is 0 Å². The molecule has 5 heteroatoms. The Bertz CT molecular complexity index is 949. The van der Waals surface area contributed by atoms with Crippen molar-refractivity contribution in [3.63, 3.8) is 0 Å². The molecule has 3 aromatic rings. The number of anilines is 1. The van der Waals surface area contributed by atoms with Gasteiger partial charge in [-0.15, -0.1) is 0 Å². The first kappa shape index (κ1) is 18.7.